The van der Waals surface area contributed by atoms with Crippen LogP contribution in [-0.4, -0.2) is 32.1 Å². The highest BCUT2D eigenvalue weighted by atomic mass is 16.3. The maximum atomic E-state index is 5.44. The van der Waals surface area contributed by atoms with Crippen LogP contribution in [0.15, 0.2) is 10.5 Å². The summed E-state index contributed by atoms with van der Waals surface area (Å²) in [7, 11) is 4.16. The summed E-state index contributed by atoms with van der Waals surface area (Å²) in [5.41, 5.74) is 1.27. The molecule has 0 aliphatic heterocycles. The first-order chi connectivity index (χ1) is 6.59. The summed E-state index contributed by atoms with van der Waals surface area (Å²) in [6, 6.07) is 2.10. The van der Waals surface area contributed by atoms with Crippen LogP contribution in [0.25, 0.3) is 0 Å². The first-order valence-electron chi connectivity index (χ1n) is 5.01. The molecule has 80 valence electrons. The van der Waals surface area contributed by atoms with Crippen molar-refractivity contribution in [2.45, 2.75) is 20.4 Å². The number of aryl methyl sites for hydroxylation is 2. The van der Waals surface area contributed by atoms with Crippen LogP contribution in [0.4, 0.5) is 0 Å². The molecule has 0 aliphatic carbocycles. The van der Waals surface area contributed by atoms with Gasteiger partial charge >= 0.3 is 0 Å². The van der Waals surface area contributed by atoms with E-state index >= 15 is 0 Å². The van der Waals surface area contributed by atoms with Crippen molar-refractivity contribution in [3.63, 3.8) is 0 Å². The molecule has 0 unspecified atom stereocenters. The second kappa shape index (κ2) is 5.17. The summed E-state index contributed by atoms with van der Waals surface area (Å²) in [4.78, 5) is 2.17. The van der Waals surface area contributed by atoms with E-state index in [-0.39, 0.29) is 0 Å². The van der Waals surface area contributed by atoms with Crippen molar-refractivity contribution < 1.29 is 4.42 Å². The van der Waals surface area contributed by atoms with Crippen molar-refractivity contribution in [1.29, 1.82) is 0 Å². The molecule has 1 N–H and O–H groups in total. The van der Waals surface area contributed by atoms with Crippen LogP contribution in [-0.2, 0) is 6.54 Å². The Labute approximate surface area is 86.1 Å². The largest absolute Gasteiger partial charge is 0.466 e. The van der Waals surface area contributed by atoms with E-state index in [4.69, 9.17) is 4.42 Å². The summed E-state index contributed by atoms with van der Waals surface area (Å²) >= 11 is 0. The number of nitrogens with one attached hydrogen (secondary N) is 1. The molecular weight excluding hydrogens is 176 g/mol. The summed E-state index contributed by atoms with van der Waals surface area (Å²) in [5.74, 6) is 2.02. The smallest absolute Gasteiger partial charge is 0.105 e. The van der Waals surface area contributed by atoms with Crippen molar-refractivity contribution in [2.24, 2.45) is 0 Å². The van der Waals surface area contributed by atoms with Gasteiger partial charge in [-0.25, -0.2) is 0 Å². The molecule has 3 nitrogen and oxygen atoms in total. The van der Waals surface area contributed by atoms with Gasteiger partial charge in [0.25, 0.3) is 0 Å². The van der Waals surface area contributed by atoms with E-state index in [2.05, 4.69) is 30.4 Å². The van der Waals surface area contributed by atoms with Crippen LogP contribution in [0.3, 0.4) is 0 Å². The number of nitrogens with zero attached hydrogens (tertiary/aromatic N) is 1. The van der Waals surface area contributed by atoms with Crippen LogP contribution >= 0.6 is 0 Å². The predicted octanol–water partition coefficient (Wildman–Crippen LogP) is 1.55. The summed E-state index contributed by atoms with van der Waals surface area (Å²) in [5, 5.41) is 3.39. The summed E-state index contributed by atoms with van der Waals surface area (Å²) < 4.78 is 5.44. The van der Waals surface area contributed by atoms with Gasteiger partial charge in [0, 0.05) is 25.2 Å². The SMILES string of the molecule is Cc1cc(CNCCN(C)C)c(C)o1. The topological polar surface area (TPSA) is 28.4 Å². The van der Waals surface area contributed by atoms with Crippen LogP contribution in [0, 0.1) is 13.8 Å². The van der Waals surface area contributed by atoms with E-state index in [1.54, 1.807) is 0 Å². The Bertz CT molecular complexity index is 279. The maximum absolute atomic E-state index is 5.44. The van der Waals surface area contributed by atoms with Gasteiger partial charge in [0.2, 0.25) is 0 Å². The third-order valence-corrected chi connectivity index (χ3v) is 2.20. The van der Waals surface area contributed by atoms with E-state index < -0.39 is 0 Å². The molecule has 0 bridgehead atoms. The highest BCUT2D eigenvalue weighted by molar-refractivity contribution is 5.19. The molecule has 0 fully saturated rings. The second-order valence-corrected chi connectivity index (χ2v) is 3.92. The van der Waals surface area contributed by atoms with Crippen LogP contribution < -0.4 is 5.32 Å². The summed E-state index contributed by atoms with van der Waals surface area (Å²) in [6.07, 6.45) is 0. The second-order valence-electron chi connectivity index (χ2n) is 3.92. The highest BCUT2D eigenvalue weighted by Crippen LogP contribution is 2.12. The lowest BCUT2D eigenvalue weighted by molar-refractivity contribution is 0.399. The molecule has 0 saturated carbocycles. The monoisotopic (exact) mass is 196 g/mol. The Morgan fingerprint density at radius 1 is 1.36 bits per heavy atom. The van der Waals surface area contributed by atoms with Crippen molar-refractivity contribution in [1.82, 2.24) is 10.2 Å². The molecule has 0 aromatic carbocycles. The average molecular weight is 196 g/mol. The molecule has 1 aromatic rings. The van der Waals surface area contributed by atoms with Gasteiger partial charge < -0.3 is 14.6 Å². The first kappa shape index (κ1) is 11.3. The Morgan fingerprint density at radius 3 is 2.57 bits per heavy atom. The minimum atomic E-state index is 0.900. The Balaban J connectivity index is 2.28. The lowest BCUT2D eigenvalue weighted by Crippen LogP contribution is -2.26. The highest BCUT2D eigenvalue weighted by Gasteiger charge is 2.03. The summed E-state index contributed by atoms with van der Waals surface area (Å²) in [6.45, 7) is 6.97. The van der Waals surface area contributed by atoms with Gasteiger partial charge in [-0.1, -0.05) is 0 Å². The van der Waals surface area contributed by atoms with E-state index in [0.717, 1.165) is 31.2 Å². The van der Waals surface area contributed by atoms with Gasteiger partial charge in [-0.15, -0.1) is 0 Å². The molecule has 0 atom stereocenters. The quantitative estimate of drug-likeness (QED) is 0.724. The van der Waals surface area contributed by atoms with Gasteiger partial charge in [-0.3, -0.25) is 0 Å². The molecule has 14 heavy (non-hydrogen) atoms. The Hall–Kier alpha value is -0.800. The molecule has 0 saturated heterocycles. The average Bonchev–Trinajstić information content (AvgIpc) is 2.39. The minimum absolute atomic E-state index is 0.900. The van der Waals surface area contributed by atoms with Crippen molar-refractivity contribution >= 4 is 0 Å². The van der Waals surface area contributed by atoms with E-state index in [0.29, 0.717) is 0 Å². The molecule has 0 radical (unpaired) electrons. The zero-order valence-corrected chi connectivity index (χ0v) is 9.55. The maximum Gasteiger partial charge on any atom is 0.105 e. The molecule has 1 aromatic heterocycles. The molecule has 3 heteroatoms. The minimum Gasteiger partial charge on any atom is -0.466 e. The van der Waals surface area contributed by atoms with Crippen molar-refractivity contribution in [2.75, 3.05) is 27.2 Å². The molecule has 1 rings (SSSR count). The third kappa shape index (κ3) is 3.52. The number of furan rings is 1. The predicted molar refractivity (Wildman–Crippen MR) is 58.4 cm³/mol. The van der Waals surface area contributed by atoms with E-state index in [1.807, 2.05) is 13.8 Å². The number of hydrogen-bond donors (Lipinski definition) is 1. The lowest BCUT2D eigenvalue weighted by atomic mass is 10.2. The van der Waals surface area contributed by atoms with Gasteiger partial charge in [0.1, 0.15) is 11.5 Å². The molecule has 0 spiro atoms. The number of rotatable bonds is 5. The van der Waals surface area contributed by atoms with Crippen molar-refractivity contribution in [3.8, 4) is 0 Å². The van der Waals surface area contributed by atoms with Crippen LogP contribution in [0.1, 0.15) is 17.1 Å². The number of hydrogen-bond acceptors (Lipinski definition) is 3. The van der Waals surface area contributed by atoms with Gasteiger partial charge in [0.05, 0.1) is 0 Å². The van der Waals surface area contributed by atoms with E-state index in [9.17, 15) is 0 Å². The molecular formula is C11H20N2O. The van der Waals surface area contributed by atoms with Gasteiger partial charge in [-0.05, 0) is 34.0 Å². The molecule has 0 amide bonds. The Morgan fingerprint density at radius 2 is 2.07 bits per heavy atom. The first-order valence-corrected chi connectivity index (χ1v) is 5.01. The third-order valence-electron chi connectivity index (χ3n) is 2.20. The fourth-order valence-electron chi connectivity index (χ4n) is 1.38. The number of likely N-dealkylation sites (N-methyl/N-ethyl adjacent to an activating group) is 1. The van der Waals surface area contributed by atoms with Crippen LogP contribution in [0.5, 0.6) is 0 Å². The molecule has 0 aliphatic rings. The van der Waals surface area contributed by atoms with Crippen LogP contribution in [0.2, 0.25) is 0 Å². The zero-order chi connectivity index (χ0) is 10.6. The fraction of sp³-hybridized carbons (Fsp3) is 0.636. The Kier molecular flexibility index (Phi) is 4.17. The van der Waals surface area contributed by atoms with Crippen molar-refractivity contribution in [3.05, 3.63) is 23.2 Å². The van der Waals surface area contributed by atoms with Gasteiger partial charge in [0.15, 0.2) is 0 Å². The standard InChI is InChI=1S/C11H20N2O/c1-9-7-11(10(2)14-9)8-12-5-6-13(3)4/h7,12H,5-6,8H2,1-4H3. The lowest BCUT2D eigenvalue weighted by Gasteiger charge is -2.09. The van der Waals surface area contributed by atoms with E-state index in [1.165, 1.54) is 5.56 Å². The normalized spacial score (nSPS) is 11.2. The zero-order valence-electron chi connectivity index (χ0n) is 9.55. The molecule has 1 heterocycles. The van der Waals surface area contributed by atoms with Gasteiger partial charge in [-0.2, -0.15) is 0 Å². The fourth-order valence-corrected chi connectivity index (χ4v) is 1.38.